The maximum Gasteiger partial charge on any atom is 0.114 e. The first-order chi connectivity index (χ1) is 7.66. The highest BCUT2D eigenvalue weighted by Crippen LogP contribution is 2.31. The first-order valence-corrected chi connectivity index (χ1v) is 6.13. The van der Waals surface area contributed by atoms with Crippen molar-refractivity contribution in [3.63, 3.8) is 0 Å². The van der Waals surface area contributed by atoms with E-state index in [1.54, 1.807) is 0 Å². The maximum absolute atomic E-state index is 9.52. The third-order valence-electron chi connectivity index (χ3n) is 3.86. The SMILES string of the molecule is CC1CC(C#N)(N2CCN(C)CC2)CCO1. The molecule has 0 saturated carbocycles. The Hall–Kier alpha value is -0.630. The van der Waals surface area contributed by atoms with E-state index in [1.165, 1.54) is 0 Å². The van der Waals surface area contributed by atoms with Crippen LogP contribution in [-0.4, -0.2) is 61.3 Å². The molecule has 2 rings (SSSR count). The van der Waals surface area contributed by atoms with Gasteiger partial charge in [-0.15, -0.1) is 0 Å². The number of likely N-dealkylation sites (N-methyl/N-ethyl adjacent to an activating group) is 1. The van der Waals surface area contributed by atoms with Crippen LogP contribution in [0, 0.1) is 11.3 Å². The molecule has 2 unspecified atom stereocenters. The van der Waals surface area contributed by atoms with Gasteiger partial charge in [-0.05, 0) is 14.0 Å². The van der Waals surface area contributed by atoms with E-state index in [2.05, 4.69) is 29.8 Å². The van der Waals surface area contributed by atoms with Gasteiger partial charge in [0.1, 0.15) is 5.54 Å². The fourth-order valence-electron chi connectivity index (χ4n) is 2.76. The van der Waals surface area contributed by atoms with E-state index in [4.69, 9.17) is 4.74 Å². The summed E-state index contributed by atoms with van der Waals surface area (Å²) in [6, 6.07) is 2.56. The van der Waals surface area contributed by atoms with E-state index in [9.17, 15) is 5.26 Å². The summed E-state index contributed by atoms with van der Waals surface area (Å²) in [6.07, 6.45) is 1.93. The third-order valence-corrected chi connectivity index (χ3v) is 3.86. The molecule has 0 N–H and O–H groups in total. The van der Waals surface area contributed by atoms with Gasteiger partial charge in [-0.1, -0.05) is 0 Å². The van der Waals surface area contributed by atoms with Crippen molar-refractivity contribution in [1.82, 2.24) is 9.80 Å². The van der Waals surface area contributed by atoms with Gasteiger partial charge in [0.05, 0.1) is 12.2 Å². The predicted molar refractivity (Wildman–Crippen MR) is 62.1 cm³/mol. The first kappa shape index (κ1) is 11.8. The molecule has 16 heavy (non-hydrogen) atoms. The van der Waals surface area contributed by atoms with Gasteiger partial charge in [0, 0.05) is 45.6 Å². The second-order valence-corrected chi connectivity index (χ2v) is 5.07. The second-order valence-electron chi connectivity index (χ2n) is 5.07. The molecule has 4 heteroatoms. The van der Waals surface area contributed by atoms with Gasteiger partial charge in [-0.25, -0.2) is 0 Å². The van der Waals surface area contributed by atoms with E-state index in [0.29, 0.717) is 0 Å². The highest BCUT2D eigenvalue weighted by molar-refractivity contribution is 5.11. The molecule has 2 saturated heterocycles. The Bertz CT molecular complexity index is 280. The van der Waals surface area contributed by atoms with Crippen LogP contribution in [0.4, 0.5) is 0 Å². The Morgan fingerprint density at radius 2 is 2.00 bits per heavy atom. The molecule has 2 atom stereocenters. The van der Waals surface area contributed by atoms with Crippen LogP contribution in [0.15, 0.2) is 0 Å². The number of rotatable bonds is 1. The number of ether oxygens (including phenoxy) is 1. The quantitative estimate of drug-likeness (QED) is 0.656. The number of piperazine rings is 1. The summed E-state index contributed by atoms with van der Waals surface area (Å²) in [5.41, 5.74) is -0.265. The normalized spacial score (nSPS) is 38.2. The minimum atomic E-state index is -0.265. The summed E-state index contributed by atoms with van der Waals surface area (Å²) in [5.74, 6) is 0. The standard InChI is InChI=1S/C12H21N3O/c1-11-9-12(10-13,3-8-16-11)15-6-4-14(2)5-7-15/h11H,3-9H2,1-2H3. The van der Waals surface area contributed by atoms with Gasteiger partial charge in [0.25, 0.3) is 0 Å². The topological polar surface area (TPSA) is 39.5 Å². The van der Waals surface area contributed by atoms with Crippen LogP contribution in [0.5, 0.6) is 0 Å². The Labute approximate surface area is 97.8 Å². The molecular formula is C12H21N3O. The highest BCUT2D eigenvalue weighted by Gasteiger charge is 2.41. The summed E-state index contributed by atoms with van der Waals surface area (Å²) in [7, 11) is 2.14. The van der Waals surface area contributed by atoms with Crippen LogP contribution in [0.2, 0.25) is 0 Å². The average molecular weight is 223 g/mol. The first-order valence-electron chi connectivity index (χ1n) is 6.13. The molecule has 0 aromatic heterocycles. The summed E-state index contributed by atoms with van der Waals surface area (Å²) in [6.45, 7) is 6.95. The Morgan fingerprint density at radius 1 is 1.31 bits per heavy atom. The lowest BCUT2D eigenvalue weighted by molar-refractivity contribution is -0.0539. The van der Waals surface area contributed by atoms with Crippen molar-refractivity contribution in [2.75, 3.05) is 39.8 Å². The van der Waals surface area contributed by atoms with E-state index in [1.807, 2.05) is 0 Å². The van der Waals surface area contributed by atoms with Crippen LogP contribution in [0.3, 0.4) is 0 Å². The number of nitriles is 1. The van der Waals surface area contributed by atoms with Crippen LogP contribution >= 0.6 is 0 Å². The molecule has 4 nitrogen and oxygen atoms in total. The Kier molecular flexibility index (Phi) is 3.48. The van der Waals surface area contributed by atoms with E-state index in [-0.39, 0.29) is 11.6 Å². The van der Waals surface area contributed by atoms with E-state index in [0.717, 1.165) is 45.6 Å². The molecule has 0 aromatic rings. The fraction of sp³-hybridized carbons (Fsp3) is 0.917. The molecule has 2 aliphatic heterocycles. The molecule has 0 radical (unpaired) electrons. The van der Waals surface area contributed by atoms with Crippen molar-refractivity contribution in [2.45, 2.75) is 31.4 Å². The monoisotopic (exact) mass is 223 g/mol. The second kappa shape index (κ2) is 4.70. The molecule has 0 bridgehead atoms. The van der Waals surface area contributed by atoms with Crippen molar-refractivity contribution in [1.29, 1.82) is 5.26 Å². The van der Waals surface area contributed by atoms with Crippen LogP contribution in [-0.2, 0) is 4.74 Å². The van der Waals surface area contributed by atoms with Gasteiger partial charge in [-0.3, -0.25) is 4.90 Å². The van der Waals surface area contributed by atoms with Gasteiger partial charge in [0.15, 0.2) is 0 Å². The zero-order valence-corrected chi connectivity index (χ0v) is 10.3. The van der Waals surface area contributed by atoms with Gasteiger partial charge < -0.3 is 9.64 Å². The molecule has 0 aromatic carbocycles. The number of hydrogen-bond acceptors (Lipinski definition) is 4. The smallest absolute Gasteiger partial charge is 0.114 e. The number of hydrogen-bond donors (Lipinski definition) is 0. The predicted octanol–water partition coefficient (Wildman–Crippen LogP) is 0.695. The van der Waals surface area contributed by atoms with Crippen LogP contribution < -0.4 is 0 Å². The zero-order valence-electron chi connectivity index (χ0n) is 10.3. The van der Waals surface area contributed by atoms with Gasteiger partial charge in [0.2, 0.25) is 0 Å². The Balaban J connectivity index is 2.06. The molecule has 2 heterocycles. The minimum absolute atomic E-state index is 0.216. The Morgan fingerprint density at radius 3 is 2.56 bits per heavy atom. The van der Waals surface area contributed by atoms with E-state index < -0.39 is 0 Å². The summed E-state index contributed by atoms with van der Waals surface area (Å²) in [4.78, 5) is 4.69. The van der Waals surface area contributed by atoms with Crippen LogP contribution in [0.25, 0.3) is 0 Å². The van der Waals surface area contributed by atoms with Crippen molar-refractivity contribution >= 4 is 0 Å². The molecule has 2 fully saturated rings. The van der Waals surface area contributed by atoms with Gasteiger partial charge in [-0.2, -0.15) is 5.26 Å². The lowest BCUT2D eigenvalue weighted by atomic mass is 9.86. The van der Waals surface area contributed by atoms with Gasteiger partial charge >= 0.3 is 0 Å². The lowest BCUT2D eigenvalue weighted by Gasteiger charge is -2.46. The molecule has 0 spiro atoms. The fourth-order valence-corrected chi connectivity index (χ4v) is 2.76. The number of nitrogens with zero attached hydrogens (tertiary/aromatic N) is 3. The average Bonchev–Trinajstić information content (AvgIpc) is 2.29. The maximum atomic E-state index is 9.52. The molecule has 0 aliphatic carbocycles. The lowest BCUT2D eigenvalue weighted by Crippen LogP contribution is -2.58. The molecule has 0 amide bonds. The highest BCUT2D eigenvalue weighted by atomic mass is 16.5. The van der Waals surface area contributed by atoms with Crippen molar-refractivity contribution < 1.29 is 4.74 Å². The minimum Gasteiger partial charge on any atom is -0.378 e. The van der Waals surface area contributed by atoms with Crippen molar-refractivity contribution in [3.8, 4) is 6.07 Å². The van der Waals surface area contributed by atoms with Crippen molar-refractivity contribution in [2.24, 2.45) is 0 Å². The third kappa shape index (κ3) is 2.22. The summed E-state index contributed by atoms with van der Waals surface area (Å²) in [5, 5.41) is 9.52. The van der Waals surface area contributed by atoms with Crippen molar-refractivity contribution in [3.05, 3.63) is 0 Å². The van der Waals surface area contributed by atoms with E-state index >= 15 is 0 Å². The molecular weight excluding hydrogens is 202 g/mol. The largest absolute Gasteiger partial charge is 0.378 e. The summed E-state index contributed by atoms with van der Waals surface area (Å²) < 4.78 is 5.56. The molecule has 2 aliphatic rings. The van der Waals surface area contributed by atoms with Crippen LogP contribution in [0.1, 0.15) is 19.8 Å². The molecule has 90 valence electrons. The zero-order chi connectivity index (χ0) is 11.6. The summed E-state index contributed by atoms with van der Waals surface area (Å²) >= 11 is 0.